The number of ketones is 1. The summed E-state index contributed by atoms with van der Waals surface area (Å²) in [5.74, 6) is -1.54. The molecule has 110 valence electrons. The zero-order valence-corrected chi connectivity index (χ0v) is 12.0. The summed E-state index contributed by atoms with van der Waals surface area (Å²) in [6, 6.07) is 3.48. The fourth-order valence-corrected chi connectivity index (χ4v) is 2.29. The summed E-state index contributed by atoms with van der Waals surface area (Å²) in [4.78, 5) is 36.2. The second-order valence-electron chi connectivity index (χ2n) is 4.10. The Hall–Kier alpha value is -1.73. The highest BCUT2D eigenvalue weighted by molar-refractivity contribution is 7.12. The number of aliphatic carboxylic acids is 1. The quantitative estimate of drug-likeness (QED) is 0.694. The van der Waals surface area contributed by atoms with Gasteiger partial charge in [0.15, 0.2) is 5.78 Å². The minimum Gasteiger partial charge on any atom is -0.480 e. The van der Waals surface area contributed by atoms with E-state index in [0.717, 1.165) is 0 Å². The number of ether oxygens (including phenoxy) is 1. The number of methoxy groups -OCH3 is 1. The van der Waals surface area contributed by atoms with E-state index in [9.17, 15) is 14.4 Å². The summed E-state index contributed by atoms with van der Waals surface area (Å²) in [6.45, 7) is 0.0854. The van der Waals surface area contributed by atoms with Crippen LogP contribution < -0.4 is 0 Å². The predicted molar refractivity (Wildman–Crippen MR) is 74.0 cm³/mol. The Kier molecular flexibility index (Phi) is 6.89. The molecular formula is C13H17NO5S. The van der Waals surface area contributed by atoms with Gasteiger partial charge in [0.25, 0.3) is 0 Å². The first-order chi connectivity index (χ1) is 9.54. The molecule has 0 radical (unpaired) electrons. The number of amides is 1. The molecule has 0 aliphatic carbocycles. The van der Waals surface area contributed by atoms with Crippen molar-refractivity contribution in [3.63, 3.8) is 0 Å². The van der Waals surface area contributed by atoms with E-state index in [1.807, 2.05) is 0 Å². The number of thiophene rings is 1. The fraction of sp³-hybridized carbons (Fsp3) is 0.462. The monoisotopic (exact) mass is 299 g/mol. The van der Waals surface area contributed by atoms with E-state index < -0.39 is 5.97 Å². The number of hydrogen-bond donors (Lipinski definition) is 1. The number of nitrogens with zero attached hydrogens (tertiary/aromatic N) is 1. The Morgan fingerprint density at radius 3 is 2.65 bits per heavy atom. The largest absolute Gasteiger partial charge is 0.480 e. The van der Waals surface area contributed by atoms with Crippen LogP contribution in [0.4, 0.5) is 0 Å². The van der Waals surface area contributed by atoms with E-state index in [-0.39, 0.29) is 44.2 Å². The number of Topliss-reactive ketones (excluding diaryl/α,β-unsaturated/α-hetero) is 1. The Morgan fingerprint density at radius 1 is 1.35 bits per heavy atom. The van der Waals surface area contributed by atoms with Crippen molar-refractivity contribution >= 4 is 29.0 Å². The first kappa shape index (κ1) is 16.3. The molecule has 0 aliphatic heterocycles. The van der Waals surface area contributed by atoms with Crippen LogP contribution in [-0.2, 0) is 14.3 Å². The van der Waals surface area contributed by atoms with Crippen LogP contribution in [0.2, 0.25) is 0 Å². The maximum absolute atomic E-state index is 11.9. The molecular weight excluding hydrogens is 282 g/mol. The summed E-state index contributed by atoms with van der Waals surface area (Å²) >= 11 is 1.33. The van der Waals surface area contributed by atoms with Crippen molar-refractivity contribution in [2.75, 3.05) is 26.8 Å². The van der Waals surface area contributed by atoms with Gasteiger partial charge in [0.2, 0.25) is 5.91 Å². The standard InChI is InChI=1S/C13H17NO5S/c1-19-7-6-14(9-13(17)18)12(16)5-4-10(15)11-3-2-8-20-11/h2-3,8H,4-7,9H2,1H3,(H,17,18). The third kappa shape index (κ3) is 5.50. The normalized spacial score (nSPS) is 10.2. The average Bonchev–Trinajstić information content (AvgIpc) is 2.94. The van der Waals surface area contributed by atoms with Crippen LogP contribution >= 0.6 is 11.3 Å². The lowest BCUT2D eigenvalue weighted by molar-refractivity contribution is -0.144. The molecule has 1 aromatic rings. The molecule has 1 amide bonds. The molecule has 0 fully saturated rings. The maximum atomic E-state index is 11.9. The second-order valence-corrected chi connectivity index (χ2v) is 5.05. The third-order valence-electron chi connectivity index (χ3n) is 2.61. The van der Waals surface area contributed by atoms with Gasteiger partial charge in [0.1, 0.15) is 6.54 Å². The highest BCUT2D eigenvalue weighted by atomic mass is 32.1. The van der Waals surface area contributed by atoms with Crippen molar-refractivity contribution in [2.24, 2.45) is 0 Å². The van der Waals surface area contributed by atoms with Gasteiger partial charge in [-0.2, -0.15) is 0 Å². The average molecular weight is 299 g/mol. The van der Waals surface area contributed by atoms with Gasteiger partial charge in [-0.3, -0.25) is 14.4 Å². The van der Waals surface area contributed by atoms with E-state index >= 15 is 0 Å². The van der Waals surface area contributed by atoms with Gasteiger partial charge in [-0.15, -0.1) is 11.3 Å². The summed E-state index contributed by atoms with van der Waals surface area (Å²) in [7, 11) is 1.48. The maximum Gasteiger partial charge on any atom is 0.323 e. The molecule has 1 aromatic heterocycles. The first-order valence-corrected chi connectivity index (χ1v) is 6.97. The van der Waals surface area contributed by atoms with Gasteiger partial charge < -0.3 is 14.7 Å². The Balaban J connectivity index is 2.48. The van der Waals surface area contributed by atoms with Crippen LogP contribution in [0.15, 0.2) is 17.5 Å². The van der Waals surface area contributed by atoms with Crippen LogP contribution in [0.1, 0.15) is 22.5 Å². The third-order valence-corrected chi connectivity index (χ3v) is 3.52. The fourth-order valence-electron chi connectivity index (χ4n) is 1.60. The van der Waals surface area contributed by atoms with Crippen molar-refractivity contribution in [2.45, 2.75) is 12.8 Å². The second kappa shape index (κ2) is 8.44. The van der Waals surface area contributed by atoms with Crippen LogP contribution in [0.5, 0.6) is 0 Å². The van der Waals surface area contributed by atoms with Crippen molar-refractivity contribution in [1.29, 1.82) is 0 Å². The lowest BCUT2D eigenvalue weighted by Gasteiger charge is -2.20. The molecule has 1 heterocycles. The molecule has 0 bridgehead atoms. The minimum atomic E-state index is -1.08. The SMILES string of the molecule is COCCN(CC(=O)O)C(=O)CCC(=O)c1cccs1. The number of carboxylic acids is 1. The highest BCUT2D eigenvalue weighted by Gasteiger charge is 2.18. The van der Waals surface area contributed by atoms with Crippen molar-refractivity contribution in [1.82, 2.24) is 4.90 Å². The summed E-state index contributed by atoms with van der Waals surface area (Å²) < 4.78 is 4.84. The van der Waals surface area contributed by atoms with Crippen LogP contribution in [-0.4, -0.2) is 54.5 Å². The molecule has 0 aliphatic rings. The van der Waals surface area contributed by atoms with Crippen molar-refractivity contribution in [3.05, 3.63) is 22.4 Å². The Bertz CT molecular complexity index is 457. The number of carboxylic acid groups (broad SMARTS) is 1. The van der Waals surface area contributed by atoms with E-state index in [4.69, 9.17) is 9.84 Å². The Labute approximate surface area is 121 Å². The van der Waals surface area contributed by atoms with E-state index in [0.29, 0.717) is 4.88 Å². The predicted octanol–water partition coefficient (Wildman–Crippen LogP) is 1.27. The molecule has 0 aromatic carbocycles. The lowest BCUT2D eigenvalue weighted by Crippen LogP contribution is -2.38. The van der Waals surface area contributed by atoms with Gasteiger partial charge >= 0.3 is 5.97 Å². The minimum absolute atomic E-state index is 0.00767. The summed E-state index contributed by atoms with van der Waals surface area (Å²) in [5.41, 5.74) is 0. The number of carbonyl (C=O) groups is 3. The van der Waals surface area contributed by atoms with Crippen LogP contribution in [0.3, 0.4) is 0 Å². The molecule has 6 nitrogen and oxygen atoms in total. The van der Waals surface area contributed by atoms with E-state index in [2.05, 4.69) is 0 Å². The van der Waals surface area contributed by atoms with E-state index in [1.54, 1.807) is 17.5 Å². The van der Waals surface area contributed by atoms with Crippen LogP contribution in [0, 0.1) is 0 Å². The van der Waals surface area contributed by atoms with Gasteiger partial charge in [-0.05, 0) is 11.4 Å². The highest BCUT2D eigenvalue weighted by Crippen LogP contribution is 2.12. The molecule has 0 atom stereocenters. The van der Waals surface area contributed by atoms with Gasteiger partial charge in [0, 0.05) is 26.5 Å². The summed E-state index contributed by atoms with van der Waals surface area (Å²) in [6.07, 6.45) is 0.0934. The molecule has 1 rings (SSSR count). The number of hydrogen-bond acceptors (Lipinski definition) is 5. The lowest BCUT2D eigenvalue weighted by atomic mass is 10.2. The number of carbonyl (C=O) groups excluding carboxylic acids is 2. The van der Waals surface area contributed by atoms with Gasteiger partial charge in [0.05, 0.1) is 11.5 Å². The topological polar surface area (TPSA) is 83.9 Å². The molecule has 7 heteroatoms. The van der Waals surface area contributed by atoms with Crippen molar-refractivity contribution in [3.8, 4) is 0 Å². The van der Waals surface area contributed by atoms with Gasteiger partial charge in [-0.1, -0.05) is 6.07 Å². The molecule has 0 saturated heterocycles. The molecule has 0 saturated carbocycles. The molecule has 0 spiro atoms. The zero-order valence-electron chi connectivity index (χ0n) is 11.2. The van der Waals surface area contributed by atoms with Crippen molar-refractivity contribution < 1.29 is 24.2 Å². The number of rotatable bonds is 9. The smallest absolute Gasteiger partial charge is 0.323 e. The van der Waals surface area contributed by atoms with Gasteiger partial charge in [-0.25, -0.2) is 0 Å². The first-order valence-electron chi connectivity index (χ1n) is 6.09. The molecule has 1 N–H and O–H groups in total. The molecule has 20 heavy (non-hydrogen) atoms. The Morgan fingerprint density at radius 2 is 2.10 bits per heavy atom. The zero-order chi connectivity index (χ0) is 15.0. The van der Waals surface area contributed by atoms with E-state index in [1.165, 1.54) is 23.3 Å². The summed E-state index contributed by atoms with van der Waals surface area (Å²) in [5, 5.41) is 10.6. The van der Waals surface area contributed by atoms with Crippen LogP contribution in [0.25, 0.3) is 0 Å². The molecule has 0 unspecified atom stereocenters.